The van der Waals surface area contributed by atoms with Crippen LogP contribution in [0.15, 0.2) is 91.3 Å². The van der Waals surface area contributed by atoms with Gasteiger partial charge in [-0.1, -0.05) is 72.8 Å². The molecule has 39 heavy (non-hydrogen) atoms. The SMILES string of the molecule is CSCCC(NC(=O)c1ccc(C=Cc2cncc(-c3ccccc3)c2)cc1-c1ccccc1C)C(=O)O.[H-].[Li+]. The van der Waals surface area contributed by atoms with Crippen molar-refractivity contribution in [1.82, 2.24) is 10.3 Å². The molecule has 0 bridgehead atoms. The fourth-order valence-corrected chi connectivity index (χ4v) is 4.69. The molecule has 0 aliphatic heterocycles. The van der Waals surface area contributed by atoms with Crippen LogP contribution in [-0.2, 0) is 4.79 Å². The van der Waals surface area contributed by atoms with Crippen molar-refractivity contribution in [3.8, 4) is 22.3 Å². The number of benzene rings is 3. The Kier molecular flexibility index (Phi) is 11.2. The van der Waals surface area contributed by atoms with E-state index in [-0.39, 0.29) is 20.3 Å². The van der Waals surface area contributed by atoms with E-state index in [1.165, 1.54) is 0 Å². The van der Waals surface area contributed by atoms with Crippen LogP contribution in [0.3, 0.4) is 0 Å². The van der Waals surface area contributed by atoms with Crippen LogP contribution in [0.1, 0.15) is 34.9 Å². The van der Waals surface area contributed by atoms with Crippen molar-refractivity contribution >= 4 is 35.8 Å². The summed E-state index contributed by atoms with van der Waals surface area (Å²) in [7, 11) is 0. The number of thioether (sulfide) groups is 1. The molecule has 3 aromatic carbocycles. The van der Waals surface area contributed by atoms with Gasteiger partial charge in [0.15, 0.2) is 0 Å². The topological polar surface area (TPSA) is 79.3 Å². The first kappa shape index (κ1) is 30.0. The normalized spacial score (nSPS) is 11.5. The summed E-state index contributed by atoms with van der Waals surface area (Å²) in [4.78, 5) is 29.4. The Morgan fingerprint density at radius 3 is 2.36 bits per heavy atom. The number of aliphatic carboxylic acids is 1. The number of carboxylic acid groups (broad SMARTS) is 1. The molecule has 1 unspecified atom stereocenters. The number of aryl methyl sites for hydroxylation is 1. The molecule has 0 aliphatic rings. The molecule has 1 heterocycles. The number of aromatic nitrogens is 1. The van der Waals surface area contributed by atoms with Gasteiger partial charge in [0, 0.05) is 23.5 Å². The number of nitrogens with zero attached hydrogens (tertiary/aromatic N) is 1. The second kappa shape index (κ2) is 14.6. The molecular formula is C32H31LiN2O3S. The van der Waals surface area contributed by atoms with Crippen LogP contribution in [-0.4, -0.2) is 40.0 Å². The number of rotatable bonds is 10. The minimum absolute atomic E-state index is 0. The molecule has 1 amide bonds. The van der Waals surface area contributed by atoms with Gasteiger partial charge in [-0.3, -0.25) is 9.78 Å². The van der Waals surface area contributed by atoms with Gasteiger partial charge in [0.25, 0.3) is 5.91 Å². The molecule has 7 heteroatoms. The monoisotopic (exact) mass is 530 g/mol. The van der Waals surface area contributed by atoms with Gasteiger partial charge in [-0.05, 0) is 76.9 Å². The Hall–Kier alpha value is -3.56. The largest absolute Gasteiger partial charge is 1.00 e. The number of carbonyl (C=O) groups is 2. The van der Waals surface area contributed by atoms with Crippen molar-refractivity contribution in [3.63, 3.8) is 0 Å². The zero-order chi connectivity index (χ0) is 26.9. The average molecular weight is 531 g/mol. The van der Waals surface area contributed by atoms with E-state index in [0.29, 0.717) is 17.7 Å². The van der Waals surface area contributed by atoms with Crippen molar-refractivity contribution in [3.05, 3.63) is 114 Å². The Bertz CT molecular complexity index is 1460. The van der Waals surface area contributed by atoms with Gasteiger partial charge in [0.2, 0.25) is 0 Å². The van der Waals surface area contributed by atoms with Gasteiger partial charge in [-0.15, -0.1) is 0 Å². The van der Waals surface area contributed by atoms with E-state index in [0.717, 1.165) is 38.9 Å². The first-order valence-electron chi connectivity index (χ1n) is 12.4. The van der Waals surface area contributed by atoms with Crippen LogP contribution >= 0.6 is 11.8 Å². The second-order valence-electron chi connectivity index (χ2n) is 8.97. The van der Waals surface area contributed by atoms with E-state index >= 15 is 0 Å². The number of amides is 1. The first-order chi connectivity index (χ1) is 18.5. The minimum atomic E-state index is -1.03. The molecule has 0 spiro atoms. The number of nitrogens with one attached hydrogen (secondary N) is 1. The summed E-state index contributed by atoms with van der Waals surface area (Å²) < 4.78 is 0. The first-order valence-corrected chi connectivity index (χ1v) is 13.8. The van der Waals surface area contributed by atoms with Crippen molar-refractivity contribution in [2.45, 2.75) is 19.4 Å². The maximum absolute atomic E-state index is 13.3. The Labute approximate surface area is 247 Å². The van der Waals surface area contributed by atoms with Crippen molar-refractivity contribution < 1.29 is 35.0 Å². The molecule has 0 fully saturated rings. The maximum Gasteiger partial charge on any atom is 1.00 e. The third-order valence-electron chi connectivity index (χ3n) is 6.27. The van der Waals surface area contributed by atoms with Crippen LogP contribution < -0.4 is 24.2 Å². The summed E-state index contributed by atoms with van der Waals surface area (Å²) in [6, 6.07) is 24.7. The van der Waals surface area contributed by atoms with Crippen molar-refractivity contribution in [2.75, 3.05) is 12.0 Å². The van der Waals surface area contributed by atoms with Gasteiger partial charge in [0.1, 0.15) is 6.04 Å². The molecule has 194 valence electrons. The fraction of sp³-hybridized carbons (Fsp3) is 0.156. The summed E-state index contributed by atoms with van der Waals surface area (Å²) in [5, 5.41) is 12.3. The molecule has 5 nitrogen and oxygen atoms in total. The van der Waals surface area contributed by atoms with Crippen molar-refractivity contribution in [1.29, 1.82) is 0 Å². The van der Waals surface area contributed by atoms with Crippen LogP contribution in [0.25, 0.3) is 34.4 Å². The third kappa shape index (κ3) is 7.97. The Morgan fingerprint density at radius 2 is 1.64 bits per heavy atom. The summed E-state index contributed by atoms with van der Waals surface area (Å²) in [5.41, 5.74) is 7.18. The molecule has 0 saturated heterocycles. The number of carbonyl (C=O) groups excluding carboxylic acids is 1. The third-order valence-corrected chi connectivity index (χ3v) is 6.92. The number of carboxylic acids is 1. The predicted molar refractivity (Wildman–Crippen MR) is 158 cm³/mol. The summed E-state index contributed by atoms with van der Waals surface area (Å²) in [6.45, 7) is 2.00. The van der Waals surface area contributed by atoms with E-state index in [4.69, 9.17) is 0 Å². The maximum atomic E-state index is 13.3. The van der Waals surface area contributed by atoms with Crippen LogP contribution in [0.2, 0.25) is 0 Å². The van der Waals surface area contributed by atoms with E-state index < -0.39 is 17.9 Å². The summed E-state index contributed by atoms with van der Waals surface area (Å²) in [5.74, 6) is -0.783. The molecular weight excluding hydrogens is 499 g/mol. The van der Waals surface area contributed by atoms with Gasteiger partial charge in [-0.25, -0.2) is 4.79 Å². The van der Waals surface area contributed by atoms with E-state index in [1.807, 2.05) is 92.3 Å². The van der Waals surface area contributed by atoms with E-state index in [9.17, 15) is 14.7 Å². The van der Waals surface area contributed by atoms with Crippen LogP contribution in [0.4, 0.5) is 0 Å². The standard InChI is InChI=1S/C32H30N2O3S.Li.H/c1-22-8-6-7-11-27(22)29-19-23(14-15-28(29)31(35)34-30(32(36)37)16-17-38-2)12-13-24-18-26(21-33-20-24)25-9-4-3-5-10-25;;/h3-15,18-21,30H,16-17H2,1-2H3,(H,34,35)(H,36,37);;/q;+1;-1. The Morgan fingerprint density at radius 1 is 0.923 bits per heavy atom. The van der Waals surface area contributed by atoms with Gasteiger partial charge >= 0.3 is 24.8 Å². The minimum Gasteiger partial charge on any atom is -1.00 e. The molecule has 0 aliphatic carbocycles. The molecule has 4 rings (SSSR count). The molecule has 1 aromatic heterocycles. The second-order valence-corrected chi connectivity index (χ2v) is 9.96. The predicted octanol–water partition coefficient (Wildman–Crippen LogP) is 3.95. The van der Waals surface area contributed by atoms with Crippen molar-refractivity contribution in [2.24, 2.45) is 0 Å². The Balaban J connectivity index is 0.00000280. The zero-order valence-corrected chi connectivity index (χ0v) is 23.2. The molecule has 0 saturated carbocycles. The van der Waals surface area contributed by atoms with Gasteiger partial charge in [0.05, 0.1) is 0 Å². The number of pyridine rings is 1. The molecule has 2 N–H and O–H groups in total. The quantitative estimate of drug-likeness (QED) is 0.304. The molecule has 1 atom stereocenters. The van der Waals surface area contributed by atoms with Gasteiger partial charge < -0.3 is 11.8 Å². The van der Waals surface area contributed by atoms with Gasteiger partial charge in [-0.2, -0.15) is 11.8 Å². The fourth-order valence-electron chi connectivity index (χ4n) is 4.22. The van der Waals surface area contributed by atoms with Crippen LogP contribution in [0, 0.1) is 6.92 Å². The van der Waals surface area contributed by atoms with E-state index in [2.05, 4.69) is 28.5 Å². The van der Waals surface area contributed by atoms with Crippen LogP contribution in [0.5, 0.6) is 0 Å². The average Bonchev–Trinajstić information content (AvgIpc) is 2.94. The molecule has 0 radical (unpaired) electrons. The smallest absolute Gasteiger partial charge is 1.00 e. The molecule has 4 aromatic rings. The summed E-state index contributed by atoms with van der Waals surface area (Å²) in [6.07, 6.45) is 9.93. The zero-order valence-electron chi connectivity index (χ0n) is 23.4. The van der Waals surface area contributed by atoms with E-state index in [1.54, 1.807) is 17.8 Å². The summed E-state index contributed by atoms with van der Waals surface area (Å²) >= 11 is 1.55. The number of hydrogen-bond acceptors (Lipinski definition) is 4. The number of hydrogen-bond donors (Lipinski definition) is 2.